The van der Waals surface area contributed by atoms with Gasteiger partial charge in [-0.25, -0.2) is 0 Å². The fraction of sp³-hybridized carbons (Fsp3) is 1.00. The highest BCUT2D eigenvalue weighted by Crippen LogP contribution is 2.42. The van der Waals surface area contributed by atoms with Crippen LogP contribution in [0.3, 0.4) is 0 Å². The molecule has 1 aliphatic heterocycles. The van der Waals surface area contributed by atoms with E-state index in [-0.39, 0.29) is 0 Å². The summed E-state index contributed by atoms with van der Waals surface area (Å²) in [4.78, 5) is 0. The van der Waals surface area contributed by atoms with E-state index in [0.717, 1.165) is 5.41 Å². The Morgan fingerprint density at radius 1 is 0.615 bits per heavy atom. The Morgan fingerprint density at radius 3 is 2.08 bits per heavy atom. The van der Waals surface area contributed by atoms with Crippen molar-refractivity contribution < 1.29 is 0 Å². The fourth-order valence-electron chi connectivity index (χ4n) is 3.17. The summed E-state index contributed by atoms with van der Waals surface area (Å²) >= 11 is 0. The lowest BCUT2D eigenvalue weighted by atomic mass is 9.74. The molecule has 1 N–H and O–H groups in total. The van der Waals surface area contributed by atoms with E-state index < -0.39 is 0 Å². The topological polar surface area (TPSA) is 12.0 Å². The van der Waals surface area contributed by atoms with E-state index in [9.17, 15) is 0 Å². The Kier molecular flexibility index (Phi) is 3.26. The minimum atomic E-state index is 0.764. The first-order valence-electron chi connectivity index (χ1n) is 6.12. The van der Waals surface area contributed by atoms with Crippen molar-refractivity contribution in [3.63, 3.8) is 0 Å². The van der Waals surface area contributed by atoms with Crippen LogP contribution in [0, 0.1) is 5.41 Å². The van der Waals surface area contributed by atoms with Crippen molar-refractivity contribution in [2.45, 2.75) is 57.8 Å². The van der Waals surface area contributed by atoms with Crippen molar-refractivity contribution in [2.75, 3.05) is 13.1 Å². The molecule has 0 amide bonds. The normalized spacial score (nSPS) is 29.5. The predicted molar refractivity (Wildman–Crippen MR) is 56.9 cm³/mol. The molecule has 1 saturated carbocycles. The first-order chi connectivity index (χ1) is 6.41. The molecule has 1 heterocycles. The third kappa shape index (κ3) is 2.46. The van der Waals surface area contributed by atoms with Gasteiger partial charge in [0.25, 0.3) is 0 Å². The molecular formula is C12H23N. The summed E-state index contributed by atoms with van der Waals surface area (Å²) in [6.07, 6.45) is 13.4. The molecule has 1 heteroatoms. The van der Waals surface area contributed by atoms with Gasteiger partial charge in [-0.15, -0.1) is 0 Å². The van der Waals surface area contributed by atoms with Crippen molar-refractivity contribution >= 4 is 0 Å². The van der Waals surface area contributed by atoms with Crippen LogP contribution in [0.25, 0.3) is 0 Å². The third-order valence-electron chi connectivity index (χ3n) is 4.06. The highest BCUT2D eigenvalue weighted by atomic mass is 14.9. The Bertz CT molecular complexity index is 116. The molecule has 76 valence electrons. The Morgan fingerprint density at radius 2 is 1.31 bits per heavy atom. The second-order valence-electron chi connectivity index (χ2n) is 5.02. The minimum Gasteiger partial charge on any atom is -0.317 e. The minimum absolute atomic E-state index is 0.764. The average Bonchev–Trinajstić information content (AvgIpc) is 2.50. The van der Waals surface area contributed by atoms with Crippen LogP contribution >= 0.6 is 0 Å². The van der Waals surface area contributed by atoms with Crippen LogP contribution in [0.1, 0.15) is 57.8 Å². The molecule has 1 spiro atoms. The van der Waals surface area contributed by atoms with Gasteiger partial charge in [-0.05, 0) is 50.6 Å². The first-order valence-corrected chi connectivity index (χ1v) is 6.12. The SMILES string of the molecule is C1CCCC2(CC1)CCCNCC2. The van der Waals surface area contributed by atoms with Gasteiger partial charge in [0.2, 0.25) is 0 Å². The number of nitrogens with one attached hydrogen (secondary N) is 1. The average molecular weight is 181 g/mol. The standard InChI is InChI=1S/C12H23N/c1-2-4-7-12(6-3-1)8-5-10-13-11-9-12/h13H,1-11H2. The van der Waals surface area contributed by atoms with Gasteiger partial charge in [-0.2, -0.15) is 0 Å². The van der Waals surface area contributed by atoms with Gasteiger partial charge in [-0.1, -0.05) is 25.7 Å². The van der Waals surface area contributed by atoms with Gasteiger partial charge in [0.05, 0.1) is 0 Å². The molecule has 0 bridgehead atoms. The van der Waals surface area contributed by atoms with Gasteiger partial charge in [0.1, 0.15) is 0 Å². The Labute approximate surface area is 82.3 Å². The molecule has 2 fully saturated rings. The molecule has 2 rings (SSSR count). The lowest BCUT2D eigenvalue weighted by Gasteiger charge is -2.31. The predicted octanol–water partition coefficient (Wildman–Crippen LogP) is 3.10. The lowest BCUT2D eigenvalue weighted by Crippen LogP contribution is -2.22. The molecule has 1 aliphatic carbocycles. The van der Waals surface area contributed by atoms with E-state index in [4.69, 9.17) is 0 Å². The molecule has 0 aromatic rings. The molecular weight excluding hydrogens is 158 g/mol. The van der Waals surface area contributed by atoms with E-state index in [1.807, 2.05) is 0 Å². The van der Waals surface area contributed by atoms with Crippen molar-refractivity contribution in [3.05, 3.63) is 0 Å². The zero-order valence-electron chi connectivity index (χ0n) is 8.78. The molecule has 13 heavy (non-hydrogen) atoms. The molecule has 0 radical (unpaired) electrons. The van der Waals surface area contributed by atoms with Crippen molar-refractivity contribution in [1.82, 2.24) is 5.32 Å². The van der Waals surface area contributed by atoms with Crippen LogP contribution in [0.4, 0.5) is 0 Å². The van der Waals surface area contributed by atoms with Crippen molar-refractivity contribution in [1.29, 1.82) is 0 Å². The van der Waals surface area contributed by atoms with E-state index in [0.29, 0.717) is 0 Å². The highest BCUT2D eigenvalue weighted by molar-refractivity contribution is 4.84. The molecule has 0 atom stereocenters. The molecule has 1 nitrogen and oxygen atoms in total. The van der Waals surface area contributed by atoms with Gasteiger partial charge < -0.3 is 5.32 Å². The quantitative estimate of drug-likeness (QED) is 0.605. The molecule has 2 aliphatic rings. The molecule has 0 aromatic carbocycles. The molecule has 1 saturated heterocycles. The molecule has 0 aromatic heterocycles. The number of rotatable bonds is 0. The molecule has 0 unspecified atom stereocenters. The maximum Gasteiger partial charge on any atom is -0.00436 e. The monoisotopic (exact) mass is 181 g/mol. The van der Waals surface area contributed by atoms with E-state index in [1.165, 1.54) is 70.9 Å². The van der Waals surface area contributed by atoms with Crippen LogP contribution < -0.4 is 5.32 Å². The summed E-state index contributed by atoms with van der Waals surface area (Å²) in [6, 6.07) is 0. The Hall–Kier alpha value is -0.0400. The Balaban J connectivity index is 1.97. The van der Waals surface area contributed by atoms with E-state index >= 15 is 0 Å². The summed E-state index contributed by atoms with van der Waals surface area (Å²) in [5.41, 5.74) is 0.764. The lowest BCUT2D eigenvalue weighted by molar-refractivity contribution is 0.213. The zero-order chi connectivity index (χ0) is 8.99. The fourth-order valence-corrected chi connectivity index (χ4v) is 3.17. The maximum atomic E-state index is 3.54. The summed E-state index contributed by atoms with van der Waals surface area (Å²) < 4.78 is 0. The third-order valence-corrected chi connectivity index (χ3v) is 4.06. The zero-order valence-corrected chi connectivity index (χ0v) is 8.78. The van der Waals surface area contributed by atoms with E-state index in [1.54, 1.807) is 0 Å². The van der Waals surface area contributed by atoms with Crippen LogP contribution in [-0.4, -0.2) is 13.1 Å². The summed E-state index contributed by atoms with van der Waals surface area (Å²) in [5, 5.41) is 3.54. The van der Waals surface area contributed by atoms with Gasteiger partial charge in [-0.3, -0.25) is 0 Å². The second-order valence-corrected chi connectivity index (χ2v) is 5.02. The van der Waals surface area contributed by atoms with Crippen LogP contribution in [-0.2, 0) is 0 Å². The van der Waals surface area contributed by atoms with Crippen LogP contribution in [0.2, 0.25) is 0 Å². The largest absolute Gasteiger partial charge is 0.317 e. The summed E-state index contributed by atoms with van der Waals surface area (Å²) in [6.45, 7) is 2.54. The smallest absolute Gasteiger partial charge is 0.00436 e. The van der Waals surface area contributed by atoms with E-state index in [2.05, 4.69) is 5.32 Å². The van der Waals surface area contributed by atoms with Crippen molar-refractivity contribution in [3.8, 4) is 0 Å². The number of hydrogen-bond acceptors (Lipinski definition) is 1. The maximum absolute atomic E-state index is 3.54. The van der Waals surface area contributed by atoms with Crippen LogP contribution in [0.5, 0.6) is 0 Å². The van der Waals surface area contributed by atoms with Gasteiger partial charge in [0.15, 0.2) is 0 Å². The summed E-state index contributed by atoms with van der Waals surface area (Å²) in [5.74, 6) is 0. The second kappa shape index (κ2) is 4.45. The van der Waals surface area contributed by atoms with Gasteiger partial charge >= 0.3 is 0 Å². The number of hydrogen-bond donors (Lipinski definition) is 1. The first kappa shape index (κ1) is 9.51. The van der Waals surface area contributed by atoms with Crippen molar-refractivity contribution in [2.24, 2.45) is 5.41 Å². The highest BCUT2D eigenvalue weighted by Gasteiger charge is 2.30. The summed E-state index contributed by atoms with van der Waals surface area (Å²) in [7, 11) is 0. The van der Waals surface area contributed by atoms with Gasteiger partial charge in [0, 0.05) is 0 Å². The van der Waals surface area contributed by atoms with Crippen LogP contribution in [0.15, 0.2) is 0 Å².